The Kier molecular flexibility index (Phi) is 7.90. The summed E-state index contributed by atoms with van der Waals surface area (Å²) in [6.45, 7) is 4.19. The number of hydrogen-bond donors (Lipinski definition) is 2. The maximum Gasteiger partial charge on any atom is 0.220 e. The van der Waals surface area contributed by atoms with Gasteiger partial charge in [0.25, 0.3) is 0 Å². The summed E-state index contributed by atoms with van der Waals surface area (Å²) in [5.74, 6) is 0.230. The lowest BCUT2D eigenvalue weighted by Crippen LogP contribution is -2.42. The fourth-order valence-corrected chi connectivity index (χ4v) is 1.60. The Balaban J connectivity index is 0.00000169. The van der Waals surface area contributed by atoms with E-state index in [9.17, 15) is 4.79 Å². The Bertz CT molecular complexity index is 158. The van der Waals surface area contributed by atoms with Crippen molar-refractivity contribution in [2.75, 3.05) is 13.1 Å². The quantitative estimate of drug-likeness (QED) is 0.754. The minimum absolute atomic E-state index is 0. The molecule has 3 nitrogen and oxygen atoms in total. The van der Waals surface area contributed by atoms with Gasteiger partial charge in [-0.3, -0.25) is 4.79 Å². The highest BCUT2D eigenvalue weighted by molar-refractivity contribution is 5.85. The van der Waals surface area contributed by atoms with E-state index >= 15 is 0 Å². The second-order valence-electron chi connectivity index (χ2n) is 3.70. The maximum absolute atomic E-state index is 11.3. The van der Waals surface area contributed by atoms with E-state index in [0.717, 1.165) is 38.8 Å². The fraction of sp³-hybridized carbons (Fsp3) is 0.900. The molecule has 1 saturated heterocycles. The van der Waals surface area contributed by atoms with Gasteiger partial charge < -0.3 is 10.6 Å². The first-order chi connectivity index (χ1) is 6.33. The van der Waals surface area contributed by atoms with Gasteiger partial charge in [0.1, 0.15) is 0 Å². The van der Waals surface area contributed by atoms with E-state index in [1.807, 2.05) is 0 Å². The van der Waals surface area contributed by atoms with Crippen LogP contribution in [-0.2, 0) is 4.79 Å². The van der Waals surface area contributed by atoms with Crippen molar-refractivity contribution in [1.82, 2.24) is 10.6 Å². The molecule has 2 N–H and O–H groups in total. The standard InChI is InChI=1S/C10H20N2O.ClH/c1-2-3-4-10(13)12-9-5-7-11-8-6-9;/h9,11H,2-8H2,1H3,(H,12,13);1H. The van der Waals surface area contributed by atoms with Crippen molar-refractivity contribution in [2.45, 2.75) is 45.1 Å². The average Bonchev–Trinajstić information content (AvgIpc) is 2.16. The van der Waals surface area contributed by atoms with Gasteiger partial charge in [0, 0.05) is 12.5 Å². The third-order valence-electron chi connectivity index (χ3n) is 2.46. The minimum Gasteiger partial charge on any atom is -0.353 e. The van der Waals surface area contributed by atoms with E-state index in [2.05, 4.69) is 17.6 Å². The number of carbonyl (C=O) groups is 1. The van der Waals surface area contributed by atoms with Crippen molar-refractivity contribution in [3.63, 3.8) is 0 Å². The summed E-state index contributed by atoms with van der Waals surface area (Å²) in [6, 6.07) is 0.422. The number of rotatable bonds is 4. The van der Waals surface area contributed by atoms with Crippen LogP contribution in [0.4, 0.5) is 0 Å². The van der Waals surface area contributed by atoms with E-state index in [1.165, 1.54) is 0 Å². The second kappa shape index (κ2) is 8.06. The van der Waals surface area contributed by atoms with Crippen LogP contribution in [0.1, 0.15) is 39.0 Å². The zero-order valence-electron chi connectivity index (χ0n) is 8.84. The summed E-state index contributed by atoms with van der Waals surface area (Å²) >= 11 is 0. The van der Waals surface area contributed by atoms with Gasteiger partial charge in [0.2, 0.25) is 5.91 Å². The summed E-state index contributed by atoms with van der Waals surface area (Å²) in [7, 11) is 0. The average molecular weight is 221 g/mol. The molecule has 1 aliphatic rings. The molecular weight excluding hydrogens is 200 g/mol. The Morgan fingerprint density at radius 2 is 2.07 bits per heavy atom. The lowest BCUT2D eigenvalue weighted by molar-refractivity contribution is -0.122. The molecule has 0 spiro atoms. The summed E-state index contributed by atoms with van der Waals surface area (Å²) in [5, 5.41) is 6.35. The van der Waals surface area contributed by atoms with E-state index < -0.39 is 0 Å². The first kappa shape index (κ1) is 13.7. The summed E-state index contributed by atoms with van der Waals surface area (Å²) in [5.41, 5.74) is 0. The van der Waals surface area contributed by atoms with Crippen LogP contribution in [0.5, 0.6) is 0 Å². The predicted molar refractivity (Wildman–Crippen MR) is 60.8 cm³/mol. The Morgan fingerprint density at radius 3 is 2.64 bits per heavy atom. The van der Waals surface area contributed by atoms with Crippen molar-refractivity contribution < 1.29 is 4.79 Å². The van der Waals surface area contributed by atoms with E-state index in [1.54, 1.807) is 0 Å². The normalized spacial score (nSPS) is 17.2. The number of halogens is 1. The van der Waals surface area contributed by atoms with Crippen LogP contribution in [0.15, 0.2) is 0 Å². The number of piperidine rings is 1. The maximum atomic E-state index is 11.3. The van der Waals surface area contributed by atoms with Gasteiger partial charge in [-0.25, -0.2) is 0 Å². The van der Waals surface area contributed by atoms with Crippen LogP contribution in [-0.4, -0.2) is 25.0 Å². The van der Waals surface area contributed by atoms with Gasteiger partial charge >= 0.3 is 0 Å². The summed E-state index contributed by atoms with van der Waals surface area (Å²) in [6.07, 6.45) is 4.96. The lowest BCUT2D eigenvalue weighted by atomic mass is 10.1. The smallest absolute Gasteiger partial charge is 0.220 e. The van der Waals surface area contributed by atoms with E-state index in [4.69, 9.17) is 0 Å². The SMILES string of the molecule is CCCCC(=O)NC1CCNCC1.Cl. The molecule has 0 unspecified atom stereocenters. The molecule has 0 radical (unpaired) electrons. The number of hydrogen-bond acceptors (Lipinski definition) is 2. The first-order valence-corrected chi connectivity index (χ1v) is 5.33. The zero-order chi connectivity index (χ0) is 9.52. The van der Waals surface area contributed by atoms with Gasteiger partial charge in [-0.2, -0.15) is 0 Å². The van der Waals surface area contributed by atoms with Crippen LogP contribution < -0.4 is 10.6 Å². The molecule has 0 aromatic rings. The summed E-state index contributed by atoms with van der Waals surface area (Å²) < 4.78 is 0. The molecule has 1 rings (SSSR count). The van der Waals surface area contributed by atoms with Crippen molar-refractivity contribution >= 4 is 18.3 Å². The molecule has 0 saturated carbocycles. The van der Waals surface area contributed by atoms with Gasteiger partial charge in [-0.15, -0.1) is 12.4 Å². The van der Waals surface area contributed by atoms with Gasteiger partial charge in [-0.1, -0.05) is 13.3 Å². The Labute approximate surface area is 92.4 Å². The molecule has 1 aliphatic heterocycles. The Morgan fingerprint density at radius 1 is 1.43 bits per heavy atom. The molecule has 1 fully saturated rings. The molecule has 0 aromatic carbocycles. The van der Waals surface area contributed by atoms with Crippen LogP contribution in [0.3, 0.4) is 0 Å². The highest BCUT2D eigenvalue weighted by Gasteiger charge is 2.14. The van der Waals surface area contributed by atoms with Crippen LogP contribution >= 0.6 is 12.4 Å². The minimum atomic E-state index is 0. The first-order valence-electron chi connectivity index (χ1n) is 5.33. The predicted octanol–water partition coefficient (Wildman–Crippen LogP) is 1.47. The largest absolute Gasteiger partial charge is 0.353 e. The molecule has 0 bridgehead atoms. The number of amides is 1. The van der Waals surface area contributed by atoms with Gasteiger partial charge in [-0.05, 0) is 32.4 Å². The van der Waals surface area contributed by atoms with Gasteiger partial charge in [0.05, 0.1) is 0 Å². The topological polar surface area (TPSA) is 41.1 Å². The highest BCUT2D eigenvalue weighted by atomic mass is 35.5. The third-order valence-corrected chi connectivity index (χ3v) is 2.46. The molecule has 14 heavy (non-hydrogen) atoms. The van der Waals surface area contributed by atoms with Crippen molar-refractivity contribution in [1.29, 1.82) is 0 Å². The van der Waals surface area contributed by atoms with Crippen LogP contribution in [0, 0.1) is 0 Å². The molecule has 1 amide bonds. The van der Waals surface area contributed by atoms with Crippen LogP contribution in [0.25, 0.3) is 0 Å². The van der Waals surface area contributed by atoms with Gasteiger partial charge in [0.15, 0.2) is 0 Å². The molecule has 4 heteroatoms. The van der Waals surface area contributed by atoms with Crippen molar-refractivity contribution in [3.05, 3.63) is 0 Å². The number of unbranched alkanes of at least 4 members (excludes halogenated alkanes) is 1. The third kappa shape index (κ3) is 5.45. The number of nitrogens with one attached hydrogen (secondary N) is 2. The highest BCUT2D eigenvalue weighted by Crippen LogP contribution is 2.03. The van der Waals surface area contributed by atoms with E-state index in [-0.39, 0.29) is 18.3 Å². The second-order valence-corrected chi connectivity index (χ2v) is 3.70. The lowest BCUT2D eigenvalue weighted by Gasteiger charge is -2.23. The zero-order valence-corrected chi connectivity index (χ0v) is 9.66. The fourth-order valence-electron chi connectivity index (χ4n) is 1.60. The van der Waals surface area contributed by atoms with E-state index in [0.29, 0.717) is 12.5 Å². The van der Waals surface area contributed by atoms with Crippen LogP contribution in [0.2, 0.25) is 0 Å². The molecule has 1 heterocycles. The van der Waals surface area contributed by atoms with Crippen molar-refractivity contribution in [3.8, 4) is 0 Å². The molecular formula is C10H21ClN2O. The summed E-state index contributed by atoms with van der Waals surface area (Å²) in [4.78, 5) is 11.3. The Hall–Kier alpha value is -0.280. The van der Waals surface area contributed by atoms with Crippen molar-refractivity contribution in [2.24, 2.45) is 0 Å². The monoisotopic (exact) mass is 220 g/mol. The molecule has 0 aromatic heterocycles. The molecule has 0 aliphatic carbocycles. The molecule has 84 valence electrons. The number of carbonyl (C=O) groups excluding carboxylic acids is 1. The molecule has 0 atom stereocenters.